The minimum absolute atomic E-state index is 0.164. The summed E-state index contributed by atoms with van der Waals surface area (Å²) in [6.07, 6.45) is 2.01. The lowest BCUT2D eigenvalue weighted by Gasteiger charge is -2.48. The van der Waals surface area contributed by atoms with Crippen LogP contribution in [0.15, 0.2) is 30.5 Å². The number of nitrogens with zero attached hydrogens (tertiary/aromatic N) is 4. The Balaban J connectivity index is 1.23. The number of likely N-dealkylation sites (tertiary alicyclic amines) is 1. The number of hydrogen-bond acceptors (Lipinski definition) is 5. The van der Waals surface area contributed by atoms with E-state index in [0.717, 1.165) is 56.5 Å². The van der Waals surface area contributed by atoms with Crippen molar-refractivity contribution in [2.45, 2.75) is 19.5 Å². The normalized spacial score (nSPS) is 20.3. The number of piperazine rings is 1. The molecule has 0 amide bonds. The Morgan fingerprint density at radius 1 is 1.12 bits per heavy atom. The molecule has 0 unspecified atom stereocenters. The Morgan fingerprint density at radius 2 is 1.83 bits per heavy atom. The van der Waals surface area contributed by atoms with Crippen molar-refractivity contribution in [2.75, 3.05) is 44.2 Å². The van der Waals surface area contributed by atoms with E-state index in [1.54, 1.807) is 23.5 Å². The first-order chi connectivity index (χ1) is 11.7. The van der Waals surface area contributed by atoms with Crippen molar-refractivity contribution in [1.29, 1.82) is 0 Å². The van der Waals surface area contributed by atoms with Gasteiger partial charge in [-0.05, 0) is 31.2 Å². The molecular formula is C18H23FN4S. The van der Waals surface area contributed by atoms with Crippen molar-refractivity contribution >= 4 is 17.0 Å². The van der Waals surface area contributed by atoms with E-state index >= 15 is 0 Å². The van der Waals surface area contributed by atoms with E-state index < -0.39 is 0 Å². The van der Waals surface area contributed by atoms with E-state index in [4.69, 9.17) is 0 Å². The zero-order chi connectivity index (χ0) is 16.5. The molecule has 0 saturated carbocycles. The fourth-order valence-corrected chi connectivity index (χ4v) is 4.44. The average Bonchev–Trinajstić information content (AvgIpc) is 2.97. The molecule has 2 aliphatic heterocycles. The SMILES string of the molecule is Cc1ncc(CN2CC(N3CCN(c4ccc(F)cc4)CC3)C2)s1. The van der Waals surface area contributed by atoms with Gasteiger partial charge in [-0.3, -0.25) is 9.80 Å². The number of benzene rings is 1. The molecule has 2 aliphatic rings. The van der Waals surface area contributed by atoms with Gasteiger partial charge in [-0.15, -0.1) is 11.3 Å². The highest BCUT2D eigenvalue weighted by molar-refractivity contribution is 7.11. The van der Waals surface area contributed by atoms with Gasteiger partial charge in [-0.1, -0.05) is 0 Å². The molecule has 3 heterocycles. The molecule has 1 aromatic carbocycles. The zero-order valence-electron chi connectivity index (χ0n) is 14.0. The molecule has 128 valence electrons. The third-order valence-corrected chi connectivity index (χ3v) is 5.91. The summed E-state index contributed by atoms with van der Waals surface area (Å²) in [5, 5.41) is 1.15. The second-order valence-electron chi connectivity index (χ2n) is 6.69. The first-order valence-corrected chi connectivity index (χ1v) is 9.37. The summed E-state index contributed by atoms with van der Waals surface area (Å²) in [7, 11) is 0. The van der Waals surface area contributed by atoms with E-state index in [1.807, 2.05) is 18.3 Å². The van der Waals surface area contributed by atoms with Crippen LogP contribution >= 0.6 is 11.3 Å². The Bertz CT molecular complexity index is 673. The highest BCUT2D eigenvalue weighted by atomic mass is 32.1. The zero-order valence-corrected chi connectivity index (χ0v) is 14.8. The summed E-state index contributed by atoms with van der Waals surface area (Å²) in [5.74, 6) is -0.164. The van der Waals surface area contributed by atoms with Gasteiger partial charge in [0.15, 0.2) is 0 Å². The topological polar surface area (TPSA) is 22.6 Å². The molecule has 6 heteroatoms. The summed E-state index contributed by atoms with van der Waals surface area (Å²) >= 11 is 1.80. The molecule has 2 fully saturated rings. The molecule has 24 heavy (non-hydrogen) atoms. The van der Waals surface area contributed by atoms with Crippen molar-refractivity contribution < 1.29 is 4.39 Å². The van der Waals surface area contributed by atoms with Gasteiger partial charge in [0.2, 0.25) is 0 Å². The Labute approximate surface area is 146 Å². The van der Waals surface area contributed by atoms with Crippen LogP contribution in [-0.2, 0) is 6.54 Å². The molecule has 0 radical (unpaired) electrons. The van der Waals surface area contributed by atoms with Crippen molar-refractivity contribution in [1.82, 2.24) is 14.8 Å². The quantitative estimate of drug-likeness (QED) is 0.849. The van der Waals surface area contributed by atoms with Crippen molar-refractivity contribution in [3.63, 3.8) is 0 Å². The number of aromatic nitrogens is 1. The van der Waals surface area contributed by atoms with Gasteiger partial charge in [-0.2, -0.15) is 0 Å². The van der Waals surface area contributed by atoms with Crippen LogP contribution in [0.1, 0.15) is 9.88 Å². The van der Waals surface area contributed by atoms with Crippen molar-refractivity contribution in [2.24, 2.45) is 0 Å². The molecule has 0 N–H and O–H groups in total. The molecule has 0 spiro atoms. The number of thiazole rings is 1. The predicted molar refractivity (Wildman–Crippen MR) is 96.1 cm³/mol. The molecule has 1 aromatic heterocycles. The van der Waals surface area contributed by atoms with Crippen LogP contribution in [0.3, 0.4) is 0 Å². The Kier molecular flexibility index (Phi) is 4.52. The van der Waals surface area contributed by atoms with E-state index in [2.05, 4.69) is 26.6 Å². The van der Waals surface area contributed by atoms with Gasteiger partial charge < -0.3 is 4.90 Å². The average molecular weight is 346 g/mol. The first kappa shape index (κ1) is 16.0. The van der Waals surface area contributed by atoms with Crippen LogP contribution in [0.25, 0.3) is 0 Å². The molecule has 0 aliphatic carbocycles. The lowest BCUT2D eigenvalue weighted by atomic mass is 10.1. The summed E-state index contributed by atoms with van der Waals surface area (Å²) < 4.78 is 13.0. The van der Waals surface area contributed by atoms with Gasteiger partial charge in [0.25, 0.3) is 0 Å². The summed E-state index contributed by atoms with van der Waals surface area (Å²) in [6, 6.07) is 7.55. The highest BCUT2D eigenvalue weighted by Gasteiger charge is 2.33. The maximum absolute atomic E-state index is 13.0. The van der Waals surface area contributed by atoms with Gasteiger partial charge in [0, 0.05) is 68.6 Å². The third-order valence-electron chi connectivity index (χ3n) is 5.01. The van der Waals surface area contributed by atoms with Gasteiger partial charge in [0.05, 0.1) is 5.01 Å². The van der Waals surface area contributed by atoms with Crippen LogP contribution in [0.5, 0.6) is 0 Å². The number of anilines is 1. The van der Waals surface area contributed by atoms with Crippen LogP contribution in [0, 0.1) is 12.7 Å². The number of rotatable bonds is 4. The molecular weight excluding hydrogens is 323 g/mol. The summed E-state index contributed by atoms with van der Waals surface area (Å²) in [4.78, 5) is 13.2. The lowest BCUT2D eigenvalue weighted by Crippen LogP contribution is -2.62. The van der Waals surface area contributed by atoms with Crippen molar-refractivity contribution in [3.8, 4) is 0 Å². The number of aryl methyl sites for hydroxylation is 1. The summed E-state index contributed by atoms with van der Waals surface area (Å²) in [6.45, 7) is 9.66. The smallest absolute Gasteiger partial charge is 0.123 e. The fraction of sp³-hybridized carbons (Fsp3) is 0.500. The summed E-state index contributed by atoms with van der Waals surface area (Å²) in [5.41, 5.74) is 1.13. The third kappa shape index (κ3) is 3.45. The number of halogens is 1. The highest BCUT2D eigenvalue weighted by Crippen LogP contribution is 2.23. The molecule has 4 nitrogen and oxygen atoms in total. The predicted octanol–water partition coefficient (Wildman–Crippen LogP) is 2.60. The fourth-order valence-electron chi connectivity index (χ4n) is 3.60. The Hall–Kier alpha value is -1.50. The molecule has 4 rings (SSSR count). The van der Waals surface area contributed by atoms with Crippen LogP contribution in [0.4, 0.5) is 10.1 Å². The van der Waals surface area contributed by atoms with Crippen LogP contribution < -0.4 is 4.90 Å². The minimum Gasteiger partial charge on any atom is -0.369 e. The maximum Gasteiger partial charge on any atom is 0.123 e. The maximum atomic E-state index is 13.0. The van der Waals surface area contributed by atoms with Gasteiger partial charge in [-0.25, -0.2) is 9.37 Å². The van der Waals surface area contributed by atoms with E-state index in [1.165, 1.54) is 4.88 Å². The standard InChI is InChI=1S/C18H23FN4S/c1-14-20-10-18(24-14)13-21-11-17(12-21)23-8-6-22(7-9-23)16-4-2-15(19)3-5-16/h2-5,10,17H,6-9,11-13H2,1H3. The molecule has 0 bridgehead atoms. The van der Waals surface area contributed by atoms with E-state index in [9.17, 15) is 4.39 Å². The van der Waals surface area contributed by atoms with E-state index in [-0.39, 0.29) is 5.82 Å². The minimum atomic E-state index is -0.164. The van der Waals surface area contributed by atoms with Crippen molar-refractivity contribution in [3.05, 3.63) is 46.2 Å². The van der Waals surface area contributed by atoms with Gasteiger partial charge in [0.1, 0.15) is 5.82 Å². The molecule has 0 atom stereocenters. The second kappa shape index (κ2) is 6.78. The largest absolute Gasteiger partial charge is 0.369 e. The Morgan fingerprint density at radius 3 is 2.46 bits per heavy atom. The molecule has 2 aromatic rings. The second-order valence-corrected chi connectivity index (χ2v) is 8.01. The number of hydrogen-bond donors (Lipinski definition) is 0. The van der Waals surface area contributed by atoms with Crippen LogP contribution in [0.2, 0.25) is 0 Å². The van der Waals surface area contributed by atoms with E-state index in [0.29, 0.717) is 6.04 Å². The first-order valence-electron chi connectivity index (χ1n) is 8.55. The lowest BCUT2D eigenvalue weighted by molar-refractivity contribution is 0.0262. The van der Waals surface area contributed by atoms with Gasteiger partial charge >= 0.3 is 0 Å². The van der Waals surface area contributed by atoms with Crippen LogP contribution in [-0.4, -0.2) is 60.1 Å². The monoisotopic (exact) mass is 346 g/mol. The molecule has 2 saturated heterocycles.